The third-order valence-corrected chi connectivity index (χ3v) is 2.52. The standard InChI is InChI=1S/C12H12Cl2O2/c1-3-16-12(15)6-8(2)10-5-4-9(13)7-11(10)14/h4-7H,3H2,1-2H3/b8-6+. The van der Waals surface area contributed by atoms with Crippen LogP contribution in [0.5, 0.6) is 0 Å². The van der Waals surface area contributed by atoms with Crippen molar-refractivity contribution in [2.75, 3.05) is 6.61 Å². The van der Waals surface area contributed by atoms with Crippen LogP contribution in [0.25, 0.3) is 5.57 Å². The number of esters is 1. The van der Waals surface area contributed by atoms with E-state index in [1.54, 1.807) is 32.0 Å². The molecule has 2 nitrogen and oxygen atoms in total. The van der Waals surface area contributed by atoms with Gasteiger partial charge < -0.3 is 4.74 Å². The van der Waals surface area contributed by atoms with Crippen molar-refractivity contribution in [1.29, 1.82) is 0 Å². The Morgan fingerprint density at radius 2 is 2.12 bits per heavy atom. The highest BCUT2D eigenvalue weighted by molar-refractivity contribution is 6.35. The molecule has 0 aromatic heterocycles. The highest BCUT2D eigenvalue weighted by Crippen LogP contribution is 2.26. The molecule has 0 N–H and O–H groups in total. The first kappa shape index (κ1) is 13.1. The molecular weight excluding hydrogens is 247 g/mol. The Kier molecular flexibility index (Phi) is 4.84. The summed E-state index contributed by atoms with van der Waals surface area (Å²) < 4.78 is 4.81. The maximum absolute atomic E-state index is 11.2. The predicted molar refractivity (Wildman–Crippen MR) is 66.7 cm³/mol. The molecule has 1 aromatic carbocycles. The van der Waals surface area contributed by atoms with Gasteiger partial charge in [0.15, 0.2) is 0 Å². The number of rotatable bonds is 3. The maximum atomic E-state index is 11.2. The number of ether oxygens (including phenoxy) is 1. The number of carbonyl (C=O) groups excluding carboxylic acids is 1. The lowest BCUT2D eigenvalue weighted by molar-refractivity contribution is -0.137. The lowest BCUT2D eigenvalue weighted by atomic mass is 10.1. The molecule has 0 spiro atoms. The zero-order valence-electron chi connectivity index (χ0n) is 9.09. The second kappa shape index (κ2) is 5.92. The number of allylic oxidation sites excluding steroid dienone is 1. The van der Waals surface area contributed by atoms with E-state index < -0.39 is 0 Å². The SMILES string of the molecule is CCOC(=O)/C=C(\C)c1ccc(Cl)cc1Cl. The van der Waals surface area contributed by atoms with E-state index >= 15 is 0 Å². The van der Waals surface area contributed by atoms with Crippen LogP contribution >= 0.6 is 23.2 Å². The summed E-state index contributed by atoms with van der Waals surface area (Å²) in [6.07, 6.45) is 1.42. The molecule has 0 heterocycles. The molecule has 0 aliphatic heterocycles. The smallest absolute Gasteiger partial charge is 0.331 e. The number of halogens is 2. The summed E-state index contributed by atoms with van der Waals surface area (Å²) in [7, 11) is 0. The van der Waals surface area contributed by atoms with Crippen LogP contribution in [-0.4, -0.2) is 12.6 Å². The second-order valence-electron chi connectivity index (χ2n) is 3.20. The first-order valence-corrected chi connectivity index (χ1v) is 5.60. The average molecular weight is 259 g/mol. The Labute approximate surface area is 105 Å². The molecule has 0 saturated carbocycles. The first-order valence-electron chi connectivity index (χ1n) is 4.85. The van der Waals surface area contributed by atoms with Crippen molar-refractivity contribution in [3.8, 4) is 0 Å². The van der Waals surface area contributed by atoms with Gasteiger partial charge in [-0.15, -0.1) is 0 Å². The first-order chi connectivity index (χ1) is 7.54. The maximum Gasteiger partial charge on any atom is 0.331 e. The minimum absolute atomic E-state index is 0.358. The summed E-state index contributed by atoms with van der Waals surface area (Å²) in [5.41, 5.74) is 1.53. The fourth-order valence-corrected chi connectivity index (χ4v) is 1.81. The molecule has 86 valence electrons. The van der Waals surface area contributed by atoms with Gasteiger partial charge in [-0.25, -0.2) is 4.79 Å². The summed E-state index contributed by atoms with van der Waals surface area (Å²) in [6, 6.07) is 5.14. The fraction of sp³-hybridized carbons (Fsp3) is 0.250. The van der Waals surface area contributed by atoms with Crippen molar-refractivity contribution in [3.63, 3.8) is 0 Å². The van der Waals surface area contributed by atoms with Gasteiger partial charge in [0.1, 0.15) is 0 Å². The zero-order valence-corrected chi connectivity index (χ0v) is 10.6. The molecule has 0 atom stereocenters. The molecule has 0 aliphatic carbocycles. The van der Waals surface area contributed by atoms with Crippen molar-refractivity contribution in [1.82, 2.24) is 0 Å². The monoisotopic (exact) mass is 258 g/mol. The van der Waals surface area contributed by atoms with Crippen LogP contribution in [0, 0.1) is 0 Å². The van der Waals surface area contributed by atoms with Crippen molar-refractivity contribution >= 4 is 34.7 Å². The Bertz CT molecular complexity index is 425. The van der Waals surface area contributed by atoms with Crippen LogP contribution in [0.2, 0.25) is 10.0 Å². The molecule has 0 unspecified atom stereocenters. The highest BCUT2D eigenvalue weighted by Gasteiger charge is 2.05. The lowest BCUT2D eigenvalue weighted by Gasteiger charge is -2.05. The van der Waals surface area contributed by atoms with Gasteiger partial charge in [-0.05, 0) is 37.1 Å². The Hall–Kier alpha value is -0.990. The fourth-order valence-electron chi connectivity index (χ4n) is 1.25. The Morgan fingerprint density at radius 3 is 2.69 bits per heavy atom. The number of carbonyl (C=O) groups is 1. The lowest BCUT2D eigenvalue weighted by Crippen LogP contribution is -2.00. The van der Waals surface area contributed by atoms with Gasteiger partial charge in [-0.2, -0.15) is 0 Å². The van der Waals surface area contributed by atoms with Gasteiger partial charge in [0.2, 0.25) is 0 Å². The molecular formula is C12H12Cl2O2. The van der Waals surface area contributed by atoms with E-state index in [0.29, 0.717) is 16.7 Å². The van der Waals surface area contributed by atoms with Gasteiger partial charge in [-0.1, -0.05) is 29.3 Å². The normalized spacial score (nSPS) is 11.4. The van der Waals surface area contributed by atoms with Crippen LogP contribution in [0.15, 0.2) is 24.3 Å². The van der Waals surface area contributed by atoms with Crippen LogP contribution in [0.3, 0.4) is 0 Å². The van der Waals surface area contributed by atoms with E-state index in [9.17, 15) is 4.79 Å². The van der Waals surface area contributed by atoms with Gasteiger partial charge in [0.25, 0.3) is 0 Å². The Balaban J connectivity index is 2.96. The Morgan fingerprint density at radius 1 is 1.44 bits per heavy atom. The third-order valence-electron chi connectivity index (χ3n) is 1.98. The minimum Gasteiger partial charge on any atom is -0.463 e. The van der Waals surface area contributed by atoms with Crippen LogP contribution in [0.4, 0.5) is 0 Å². The largest absolute Gasteiger partial charge is 0.463 e. The second-order valence-corrected chi connectivity index (χ2v) is 4.05. The highest BCUT2D eigenvalue weighted by atomic mass is 35.5. The molecule has 16 heavy (non-hydrogen) atoms. The van der Waals surface area contributed by atoms with Gasteiger partial charge in [-0.3, -0.25) is 0 Å². The molecule has 1 rings (SSSR count). The quantitative estimate of drug-likeness (QED) is 0.606. The molecule has 1 aromatic rings. The summed E-state index contributed by atoms with van der Waals surface area (Å²) >= 11 is 11.8. The van der Waals surface area contributed by atoms with Crippen molar-refractivity contribution in [2.45, 2.75) is 13.8 Å². The summed E-state index contributed by atoms with van der Waals surface area (Å²) in [5, 5.41) is 1.09. The predicted octanol–water partition coefficient (Wildman–Crippen LogP) is 3.96. The molecule has 4 heteroatoms. The summed E-state index contributed by atoms with van der Waals surface area (Å²) in [5.74, 6) is -0.369. The summed E-state index contributed by atoms with van der Waals surface area (Å²) in [4.78, 5) is 11.2. The number of hydrogen-bond acceptors (Lipinski definition) is 2. The van der Waals surface area contributed by atoms with Gasteiger partial charge in [0.05, 0.1) is 6.61 Å². The molecule has 0 aliphatic rings. The molecule has 0 saturated heterocycles. The minimum atomic E-state index is -0.369. The number of hydrogen-bond donors (Lipinski definition) is 0. The van der Waals surface area contributed by atoms with Gasteiger partial charge in [0, 0.05) is 16.1 Å². The van der Waals surface area contributed by atoms with E-state index in [4.69, 9.17) is 27.9 Å². The van der Waals surface area contributed by atoms with Crippen LogP contribution in [0.1, 0.15) is 19.4 Å². The van der Waals surface area contributed by atoms with E-state index in [1.165, 1.54) is 6.08 Å². The third kappa shape index (κ3) is 3.54. The van der Waals surface area contributed by atoms with E-state index in [2.05, 4.69) is 0 Å². The van der Waals surface area contributed by atoms with Crippen LogP contribution in [-0.2, 0) is 9.53 Å². The molecule has 0 radical (unpaired) electrons. The van der Waals surface area contributed by atoms with E-state index in [1.807, 2.05) is 0 Å². The zero-order chi connectivity index (χ0) is 12.1. The van der Waals surface area contributed by atoms with E-state index in [0.717, 1.165) is 11.1 Å². The van der Waals surface area contributed by atoms with E-state index in [-0.39, 0.29) is 5.97 Å². The van der Waals surface area contributed by atoms with Gasteiger partial charge >= 0.3 is 5.97 Å². The molecule has 0 amide bonds. The summed E-state index contributed by atoms with van der Waals surface area (Å²) in [6.45, 7) is 3.92. The number of benzene rings is 1. The molecule has 0 fully saturated rings. The van der Waals surface area contributed by atoms with Crippen molar-refractivity contribution in [2.24, 2.45) is 0 Å². The average Bonchev–Trinajstić information content (AvgIpc) is 2.17. The van der Waals surface area contributed by atoms with Crippen LogP contribution < -0.4 is 0 Å². The van der Waals surface area contributed by atoms with Crippen molar-refractivity contribution in [3.05, 3.63) is 39.9 Å². The topological polar surface area (TPSA) is 26.3 Å². The molecule has 0 bridgehead atoms. The van der Waals surface area contributed by atoms with Crippen molar-refractivity contribution < 1.29 is 9.53 Å².